The third kappa shape index (κ3) is 3.45. The van der Waals surface area contributed by atoms with E-state index in [0.717, 1.165) is 23.8 Å². The summed E-state index contributed by atoms with van der Waals surface area (Å²) in [6, 6.07) is 11.8. The van der Waals surface area contributed by atoms with Gasteiger partial charge in [-0.2, -0.15) is 5.10 Å². The van der Waals surface area contributed by atoms with Crippen molar-refractivity contribution in [3.8, 4) is 5.75 Å². The van der Waals surface area contributed by atoms with Crippen molar-refractivity contribution >= 4 is 22.6 Å². The van der Waals surface area contributed by atoms with Gasteiger partial charge in [-0.15, -0.1) is 0 Å². The molecular formula is C20H14F2N4O3. The highest BCUT2D eigenvalue weighted by atomic mass is 19.1. The second kappa shape index (κ2) is 7.19. The molecule has 2 aromatic carbocycles. The smallest absolute Gasteiger partial charge is 0.266 e. The van der Waals surface area contributed by atoms with Gasteiger partial charge in [0.15, 0.2) is 0 Å². The van der Waals surface area contributed by atoms with Crippen LogP contribution in [0.2, 0.25) is 0 Å². The van der Waals surface area contributed by atoms with Gasteiger partial charge in [-0.25, -0.2) is 13.5 Å². The number of halogens is 2. The van der Waals surface area contributed by atoms with Gasteiger partial charge >= 0.3 is 0 Å². The van der Waals surface area contributed by atoms with Gasteiger partial charge in [-0.05, 0) is 17.7 Å². The summed E-state index contributed by atoms with van der Waals surface area (Å²) in [6.45, 7) is 0.333. The lowest BCUT2D eigenvalue weighted by Gasteiger charge is -2.09. The first-order valence-corrected chi connectivity index (χ1v) is 8.55. The van der Waals surface area contributed by atoms with Crippen LogP contribution in [-0.4, -0.2) is 25.8 Å². The summed E-state index contributed by atoms with van der Waals surface area (Å²) in [7, 11) is 0. The van der Waals surface area contributed by atoms with Crippen molar-refractivity contribution in [1.82, 2.24) is 14.8 Å². The van der Waals surface area contributed by atoms with Crippen molar-refractivity contribution in [2.24, 2.45) is 0 Å². The van der Waals surface area contributed by atoms with Crippen LogP contribution in [0.25, 0.3) is 11.0 Å². The molecule has 0 atom stereocenters. The van der Waals surface area contributed by atoms with E-state index in [0.29, 0.717) is 6.54 Å². The van der Waals surface area contributed by atoms with E-state index in [2.05, 4.69) is 15.4 Å². The summed E-state index contributed by atoms with van der Waals surface area (Å²) in [5.74, 6) is -3.33. The average Bonchev–Trinajstić information content (AvgIpc) is 3.08. The molecule has 3 N–H and O–H groups in total. The number of fused-ring (bicyclic) bond motifs is 1. The van der Waals surface area contributed by atoms with Crippen molar-refractivity contribution < 1.29 is 18.7 Å². The zero-order chi connectivity index (χ0) is 20.5. The molecule has 2 aromatic heterocycles. The molecule has 29 heavy (non-hydrogen) atoms. The number of carbonyl (C=O) groups is 1. The molecule has 1 amide bonds. The molecule has 0 unspecified atom stereocenters. The highest BCUT2D eigenvalue weighted by Crippen LogP contribution is 2.26. The van der Waals surface area contributed by atoms with Crippen molar-refractivity contribution in [3.63, 3.8) is 0 Å². The number of hydrogen-bond donors (Lipinski definition) is 3. The predicted octanol–water partition coefficient (Wildman–Crippen LogP) is 3.01. The minimum Gasteiger partial charge on any atom is -0.506 e. The molecule has 0 saturated carbocycles. The number of aromatic amines is 1. The molecule has 0 fully saturated rings. The van der Waals surface area contributed by atoms with E-state index in [1.807, 2.05) is 30.3 Å². The zero-order valence-corrected chi connectivity index (χ0v) is 14.8. The lowest BCUT2D eigenvalue weighted by molar-refractivity contribution is 0.102. The fraction of sp³-hybridized carbons (Fsp3) is 0.0500. The van der Waals surface area contributed by atoms with Crippen molar-refractivity contribution in [2.45, 2.75) is 6.54 Å². The zero-order valence-electron chi connectivity index (χ0n) is 14.8. The van der Waals surface area contributed by atoms with E-state index >= 15 is 0 Å². The Morgan fingerprint density at radius 1 is 1.17 bits per heavy atom. The lowest BCUT2D eigenvalue weighted by atomic mass is 10.2. The molecule has 7 nitrogen and oxygen atoms in total. The van der Waals surface area contributed by atoms with Crippen molar-refractivity contribution in [3.05, 3.63) is 87.8 Å². The molecule has 0 aliphatic heterocycles. The maximum Gasteiger partial charge on any atom is 0.266 e. The van der Waals surface area contributed by atoms with Gasteiger partial charge in [0.1, 0.15) is 28.6 Å². The average molecular weight is 396 g/mol. The summed E-state index contributed by atoms with van der Waals surface area (Å²) < 4.78 is 28.5. The highest BCUT2D eigenvalue weighted by molar-refractivity contribution is 6.08. The van der Waals surface area contributed by atoms with E-state index in [1.54, 1.807) is 0 Å². The second-order valence-corrected chi connectivity index (χ2v) is 6.31. The van der Waals surface area contributed by atoms with Gasteiger partial charge in [0, 0.05) is 6.07 Å². The largest absolute Gasteiger partial charge is 0.506 e. The molecule has 146 valence electrons. The van der Waals surface area contributed by atoms with Crippen LogP contribution in [0.1, 0.15) is 15.9 Å². The fourth-order valence-corrected chi connectivity index (χ4v) is 2.97. The monoisotopic (exact) mass is 396 g/mol. The summed E-state index contributed by atoms with van der Waals surface area (Å²) in [4.78, 5) is 27.4. The molecular weight excluding hydrogens is 382 g/mol. The summed E-state index contributed by atoms with van der Waals surface area (Å²) in [5.41, 5.74) is -0.820. The van der Waals surface area contributed by atoms with Gasteiger partial charge < -0.3 is 15.4 Å². The Labute approximate surface area is 162 Å². The maximum atomic E-state index is 13.8. The first kappa shape index (κ1) is 18.4. The van der Waals surface area contributed by atoms with Crippen LogP contribution in [0.5, 0.6) is 5.75 Å². The number of carbonyl (C=O) groups excluding carboxylic acids is 1. The number of aromatic nitrogens is 3. The lowest BCUT2D eigenvalue weighted by Crippen LogP contribution is -2.24. The normalized spacial score (nSPS) is 11.0. The number of hydrogen-bond acceptors (Lipinski definition) is 4. The molecule has 0 bridgehead atoms. The van der Waals surface area contributed by atoms with Crippen molar-refractivity contribution in [2.75, 3.05) is 5.32 Å². The van der Waals surface area contributed by atoms with Crippen molar-refractivity contribution in [1.29, 1.82) is 0 Å². The number of nitrogens with zero attached hydrogens (tertiary/aromatic N) is 2. The number of anilines is 1. The molecule has 9 heteroatoms. The van der Waals surface area contributed by atoms with Crippen LogP contribution >= 0.6 is 0 Å². The third-order valence-electron chi connectivity index (χ3n) is 4.37. The number of nitrogens with one attached hydrogen (secondary N) is 2. The number of pyridine rings is 1. The van der Waals surface area contributed by atoms with E-state index < -0.39 is 40.1 Å². The third-order valence-corrected chi connectivity index (χ3v) is 4.37. The van der Waals surface area contributed by atoms with Gasteiger partial charge in [0.25, 0.3) is 11.5 Å². The first-order chi connectivity index (χ1) is 13.9. The number of H-pyrrole nitrogens is 1. The van der Waals surface area contributed by atoms with Crippen LogP contribution in [0, 0.1) is 11.6 Å². The van der Waals surface area contributed by atoms with Gasteiger partial charge in [-0.1, -0.05) is 30.3 Å². The Morgan fingerprint density at radius 2 is 1.93 bits per heavy atom. The van der Waals surface area contributed by atoms with Crippen LogP contribution < -0.4 is 10.9 Å². The molecule has 2 heterocycles. The Morgan fingerprint density at radius 3 is 2.69 bits per heavy atom. The Kier molecular flexibility index (Phi) is 4.55. The highest BCUT2D eigenvalue weighted by Gasteiger charge is 2.22. The second-order valence-electron chi connectivity index (χ2n) is 6.31. The number of aromatic hydroxyl groups is 1. The molecule has 0 saturated heterocycles. The molecule has 4 rings (SSSR count). The van der Waals surface area contributed by atoms with Gasteiger partial charge in [-0.3, -0.25) is 9.59 Å². The Hall–Kier alpha value is -4.01. The topological polar surface area (TPSA) is 100 Å². The number of amides is 1. The molecule has 4 aromatic rings. The predicted molar refractivity (Wildman–Crippen MR) is 102 cm³/mol. The maximum absolute atomic E-state index is 13.8. The summed E-state index contributed by atoms with van der Waals surface area (Å²) in [6.07, 6.45) is 1.31. The molecule has 0 spiro atoms. The summed E-state index contributed by atoms with van der Waals surface area (Å²) >= 11 is 0. The summed E-state index contributed by atoms with van der Waals surface area (Å²) in [5, 5.41) is 16.9. The van der Waals surface area contributed by atoms with Crippen LogP contribution in [0.4, 0.5) is 14.5 Å². The van der Waals surface area contributed by atoms with Crippen LogP contribution in [0.15, 0.2) is 59.5 Å². The molecule has 0 aliphatic carbocycles. The standard InChI is InChI=1S/C20H14F2N4O3/c21-12-6-7-14(22)15(8-12)24-19(28)16-17(27)13-9-23-26(18(13)25-20(16)29)10-11-4-2-1-3-5-11/h1-9H,10H2,(H,24,28)(H2,25,27,29). The minimum atomic E-state index is -1.08. The Bertz CT molecular complexity index is 1280. The molecule has 0 aliphatic rings. The molecule has 0 radical (unpaired) electrons. The van der Waals surface area contributed by atoms with Gasteiger partial charge in [0.2, 0.25) is 0 Å². The van der Waals surface area contributed by atoms with E-state index in [4.69, 9.17) is 0 Å². The van der Waals surface area contributed by atoms with E-state index in [-0.39, 0.29) is 11.0 Å². The first-order valence-electron chi connectivity index (χ1n) is 8.55. The van der Waals surface area contributed by atoms with Gasteiger partial charge in [0.05, 0.1) is 23.8 Å². The number of benzene rings is 2. The van der Waals surface area contributed by atoms with Crippen LogP contribution in [-0.2, 0) is 6.54 Å². The van der Waals surface area contributed by atoms with E-state index in [9.17, 15) is 23.5 Å². The fourth-order valence-electron chi connectivity index (χ4n) is 2.97. The van der Waals surface area contributed by atoms with E-state index in [1.165, 1.54) is 10.9 Å². The van der Waals surface area contributed by atoms with Crippen LogP contribution in [0.3, 0.4) is 0 Å². The Balaban J connectivity index is 1.72. The minimum absolute atomic E-state index is 0.144. The quantitative estimate of drug-likeness (QED) is 0.494. The number of rotatable bonds is 4. The SMILES string of the molecule is O=C(Nc1cc(F)ccc1F)c1c(O)c2cnn(Cc3ccccc3)c2[nH]c1=O.